The van der Waals surface area contributed by atoms with Crippen LogP contribution < -0.4 is 32.3 Å². The lowest BCUT2D eigenvalue weighted by molar-refractivity contribution is -0.149. The molecule has 22 nitrogen and oxygen atoms in total. The summed E-state index contributed by atoms with van der Waals surface area (Å²) in [6.45, 7) is 1.62. The van der Waals surface area contributed by atoms with Gasteiger partial charge in [0.1, 0.15) is 18.7 Å². The van der Waals surface area contributed by atoms with Crippen molar-refractivity contribution in [1.82, 2.24) is 36.0 Å². The number of carboxylic acids is 4. The summed E-state index contributed by atoms with van der Waals surface area (Å²) in [6, 6.07) is 13.4. The highest BCUT2D eigenvalue weighted by Gasteiger charge is 2.28. The molecule has 1 fully saturated rings. The molecule has 1 heterocycles. The van der Waals surface area contributed by atoms with E-state index in [-0.39, 0.29) is 63.5 Å². The average Bonchev–Trinajstić information content (AvgIpc) is 3.37. The quantitative estimate of drug-likeness (QED) is 0.0285. The van der Waals surface area contributed by atoms with Crippen molar-refractivity contribution in [2.45, 2.75) is 108 Å². The molecule has 71 heavy (non-hydrogen) atoms. The molecule has 2 aromatic carbocycles. The summed E-state index contributed by atoms with van der Waals surface area (Å²) in [5.74, 6) is -5.22. The van der Waals surface area contributed by atoms with Crippen molar-refractivity contribution in [1.29, 1.82) is 0 Å². The predicted molar refractivity (Wildman–Crippen MR) is 266 cm³/mol. The second-order valence-corrected chi connectivity index (χ2v) is 17.9. The van der Waals surface area contributed by atoms with E-state index in [1.54, 1.807) is 14.7 Å². The molecule has 1 saturated heterocycles. The number of carboxylic acid groups (broad SMARTS) is 4. The third kappa shape index (κ3) is 26.4. The molecule has 0 saturated carbocycles. The number of hydrogen-bond acceptors (Lipinski definition) is 13. The van der Waals surface area contributed by atoms with Gasteiger partial charge in [-0.15, -0.1) is 0 Å². The van der Waals surface area contributed by atoms with Crippen molar-refractivity contribution in [3.05, 3.63) is 65.7 Å². The van der Waals surface area contributed by atoms with Crippen LogP contribution in [0.25, 0.3) is 0 Å². The van der Waals surface area contributed by atoms with Gasteiger partial charge in [-0.1, -0.05) is 55.3 Å². The minimum Gasteiger partial charge on any atom is -0.480 e. The summed E-state index contributed by atoms with van der Waals surface area (Å²) >= 11 is 5.53. The molecule has 0 bridgehead atoms. The molecule has 3 unspecified atom stereocenters. The number of carbonyl (C=O) groups is 8. The second-order valence-electron chi connectivity index (χ2n) is 17.5. The molecule has 1 aliphatic heterocycles. The number of nitrogens with zero attached hydrogens (tertiary/aromatic N) is 3. The molecule has 23 heteroatoms. The highest BCUT2D eigenvalue weighted by Crippen LogP contribution is 2.17. The van der Waals surface area contributed by atoms with Crippen molar-refractivity contribution >= 4 is 70.7 Å². The third-order valence-electron chi connectivity index (χ3n) is 11.6. The van der Waals surface area contributed by atoms with Gasteiger partial charge in [-0.3, -0.25) is 38.7 Å². The van der Waals surface area contributed by atoms with E-state index in [1.165, 1.54) is 0 Å². The Hall–Kier alpha value is -6.43. The van der Waals surface area contributed by atoms with Gasteiger partial charge in [-0.05, 0) is 93.3 Å². The highest BCUT2D eigenvalue weighted by molar-refractivity contribution is 7.80. The molecule has 2 aromatic rings. The van der Waals surface area contributed by atoms with Crippen molar-refractivity contribution < 1.29 is 63.5 Å². The molecule has 1 aliphatic rings. The Balaban J connectivity index is 1.43. The highest BCUT2D eigenvalue weighted by atomic mass is 32.1. The van der Waals surface area contributed by atoms with Gasteiger partial charge in [0.05, 0.1) is 19.6 Å². The van der Waals surface area contributed by atoms with Gasteiger partial charge in [0, 0.05) is 70.4 Å². The molecule has 11 N–H and O–H groups in total. The Morgan fingerprint density at radius 2 is 1.21 bits per heavy atom. The molecule has 0 spiro atoms. The topological polar surface area (TPSA) is 323 Å². The van der Waals surface area contributed by atoms with E-state index >= 15 is 0 Å². The number of ether oxygens (including phenoxy) is 1. The van der Waals surface area contributed by atoms with E-state index < -0.39 is 48.0 Å². The number of hydrogen-bond donors (Lipinski definition) is 10. The molecule has 3 atom stereocenters. The third-order valence-corrected chi connectivity index (χ3v) is 11.9. The number of primary amides is 1. The van der Waals surface area contributed by atoms with Crippen molar-refractivity contribution in [2.75, 3.05) is 70.8 Å². The number of nitrogens with two attached hydrogens (primary N) is 1. The molecule has 3 rings (SSSR count). The number of anilines is 1. The molecule has 4 amide bonds. The Labute approximate surface area is 419 Å². The number of unbranched alkanes of at least 4 members (excludes halogenated alkanes) is 5. The van der Waals surface area contributed by atoms with Crippen LogP contribution in [0.2, 0.25) is 0 Å². The maximum atomic E-state index is 13.2. The number of thiocarbonyl (C=S) groups is 1. The zero-order valence-corrected chi connectivity index (χ0v) is 41.0. The lowest BCUT2D eigenvalue weighted by Crippen LogP contribution is -2.49. The van der Waals surface area contributed by atoms with E-state index in [2.05, 4.69) is 26.6 Å². The SMILES string of the molecule is NC(=O)NC(CCCCNC(=O)CCCCCCC(=O)NC(CCCCNC(=S)Nc1ccc(CC2CN(CC(=O)O)CCN(CC(=O)O)CCN2CC(=O)O)cc1)C(=O)OCc1ccccc1)C(=O)O. The first kappa shape index (κ1) is 58.9. The first-order valence-corrected chi connectivity index (χ1v) is 24.4. The first-order valence-electron chi connectivity index (χ1n) is 24.0. The van der Waals surface area contributed by atoms with Crippen LogP contribution in [0.3, 0.4) is 0 Å². The molecule has 0 aliphatic carbocycles. The van der Waals surface area contributed by atoms with Gasteiger partial charge in [-0.25, -0.2) is 14.4 Å². The lowest BCUT2D eigenvalue weighted by atomic mass is 10.0. The molecule has 0 aromatic heterocycles. The fourth-order valence-electron chi connectivity index (χ4n) is 7.95. The number of esters is 1. The van der Waals surface area contributed by atoms with E-state index in [1.807, 2.05) is 54.6 Å². The van der Waals surface area contributed by atoms with Crippen LogP contribution in [0.15, 0.2) is 54.6 Å². The fraction of sp³-hybridized carbons (Fsp3) is 0.562. The molecule has 0 radical (unpaired) electrons. The molecule has 392 valence electrons. The minimum absolute atomic E-state index is 0.0614. The van der Waals surface area contributed by atoms with E-state index in [4.69, 9.17) is 27.8 Å². The van der Waals surface area contributed by atoms with Crippen LogP contribution in [0.1, 0.15) is 88.2 Å². The largest absolute Gasteiger partial charge is 0.480 e. The number of urea groups is 1. The van der Waals surface area contributed by atoms with Crippen LogP contribution >= 0.6 is 12.2 Å². The Morgan fingerprint density at radius 3 is 1.83 bits per heavy atom. The summed E-state index contributed by atoms with van der Waals surface area (Å²) in [4.78, 5) is 101. The summed E-state index contributed by atoms with van der Waals surface area (Å²) in [6.07, 6.45) is 6.27. The number of aliphatic carboxylic acids is 4. The lowest BCUT2D eigenvalue weighted by Gasteiger charge is -2.33. The summed E-state index contributed by atoms with van der Waals surface area (Å²) < 4.78 is 5.58. The second kappa shape index (κ2) is 33.2. The van der Waals surface area contributed by atoms with Crippen molar-refractivity contribution in [2.24, 2.45) is 5.73 Å². The van der Waals surface area contributed by atoms with Crippen molar-refractivity contribution in [3.63, 3.8) is 0 Å². The minimum atomic E-state index is -1.18. The smallest absolute Gasteiger partial charge is 0.328 e. The zero-order chi connectivity index (χ0) is 52.0. The van der Waals surface area contributed by atoms with E-state index in [0.29, 0.717) is 114 Å². The van der Waals surface area contributed by atoms with Crippen LogP contribution in [-0.4, -0.2) is 172 Å². The molecular weight excluding hydrogens is 943 g/mol. The van der Waals surface area contributed by atoms with Crippen LogP contribution in [0.5, 0.6) is 0 Å². The number of benzene rings is 2. The van der Waals surface area contributed by atoms with Crippen LogP contribution in [0.4, 0.5) is 10.5 Å². The van der Waals surface area contributed by atoms with Gasteiger partial charge in [0.2, 0.25) is 11.8 Å². The fourth-order valence-corrected chi connectivity index (χ4v) is 8.17. The first-order chi connectivity index (χ1) is 34.0. The Bertz CT molecular complexity index is 2030. The van der Waals surface area contributed by atoms with Gasteiger partial charge in [-0.2, -0.15) is 0 Å². The predicted octanol–water partition coefficient (Wildman–Crippen LogP) is 2.20. The van der Waals surface area contributed by atoms with E-state index in [9.17, 15) is 53.7 Å². The Kier molecular flexibility index (Phi) is 27.5. The number of carbonyl (C=O) groups excluding carboxylic acids is 4. The zero-order valence-electron chi connectivity index (χ0n) is 40.2. The Morgan fingerprint density at radius 1 is 0.634 bits per heavy atom. The van der Waals surface area contributed by atoms with Gasteiger partial charge >= 0.3 is 35.9 Å². The number of nitrogens with one attached hydrogen (secondary N) is 5. The normalized spacial score (nSPS) is 15.4. The van der Waals surface area contributed by atoms with Crippen LogP contribution in [-0.2, 0) is 51.3 Å². The molecular formula is C48H71N9O13S. The number of rotatable bonds is 32. The standard InChI is InChI=1S/C48H71N9O13S/c49-47(69)54-38(45(66)67)14-8-10-22-50-40(58)16-6-1-2-7-17-41(59)53-39(46(68)70-33-35-12-4-3-5-13-35)15-9-11-23-51-48(71)52-36-20-18-34(19-21-36)28-37-29-56(31-43(62)63)25-24-55(30-42(60)61)26-27-57(37)32-44(64)65/h3-5,12-13,18-21,37-39H,1-2,6-11,14-17,22-33H2,(H,50,58)(H,53,59)(H,60,61)(H,62,63)(H,64,65)(H,66,67)(H3,49,54,69)(H2,51,52,71). The monoisotopic (exact) mass is 1010 g/mol. The number of amides is 4. The van der Waals surface area contributed by atoms with Gasteiger partial charge < -0.3 is 57.5 Å². The van der Waals surface area contributed by atoms with Crippen molar-refractivity contribution in [3.8, 4) is 0 Å². The average molecular weight is 1010 g/mol. The maximum absolute atomic E-state index is 13.2. The van der Waals surface area contributed by atoms with E-state index in [0.717, 1.165) is 17.5 Å². The van der Waals surface area contributed by atoms with Crippen LogP contribution in [0, 0.1) is 0 Å². The summed E-state index contributed by atoms with van der Waals surface area (Å²) in [5, 5.41) is 52.3. The summed E-state index contributed by atoms with van der Waals surface area (Å²) in [5.41, 5.74) is 7.40. The summed E-state index contributed by atoms with van der Waals surface area (Å²) in [7, 11) is 0. The van der Waals surface area contributed by atoms with Gasteiger partial charge in [0.25, 0.3) is 0 Å². The maximum Gasteiger partial charge on any atom is 0.328 e. The van der Waals surface area contributed by atoms with Gasteiger partial charge in [0.15, 0.2) is 5.11 Å².